The van der Waals surface area contributed by atoms with Crippen molar-refractivity contribution in [2.45, 2.75) is 12.6 Å². The number of hydrogen-bond donors (Lipinski definition) is 2. The smallest absolute Gasteiger partial charge is 0.252 e. The molecule has 1 heterocycles. The van der Waals surface area contributed by atoms with Crippen LogP contribution in [0.1, 0.15) is 43.4 Å². The summed E-state index contributed by atoms with van der Waals surface area (Å²) in [7, 11) is 0. The molecule has 1 unspecified atom stereocenters. The summed E-state index contributed by atoms with van der Waals surface area (Å²) in [5.74, 6) is -1.15. The molecular formula is C22H15BrClFN2O2. The molecule has 0 spiro atoms. The highest BCUT2D eigenvalue weighted by atomic mass is 79.9. The first kappa shape index (κ1) is 19.6. The molecule has 0 bridgehead atoms. The lowest BCUT2D eigenvalue weighted by Crippen LogP contribution is -2.26. The molecule has 3 aromatic carbocycles. The van der Waals surface area contributed by atoms with Gasteiger partial charge >= 0.3 is 0 Å². The van der Waals surface area contributed by atoms with Gasteiger partial charge in [-0.2, -0.15) is 0 Å². The summed E-state index contributed by atoms with van der Waals surface area (Å²) >= 11 is 9.63. The van der Waals surface area contributed by atoms with Crippen LogP contribution >= 0.6 is 27.5 Å². The molecule has 0 radical (unpaired) electrons. The highest BCUT2D eigenvalue weighted by Gasteiger charge is 2.35. The quantitative estimate of drug-likeness (QED) is 0.560. The Balaban J connectivity index is 1.74. The Hall–Kier alpha value is -2.70. The number of hydrogen-bond acceptors (Lipinski definition) is 2. The fourth-order valence-corrected chi connectivity index (χ4v) is 4.11. The minimum absolute atomic E-state index is 0.308. The van der Waals surface area contributed by atoms with Gasteiger partial charge in [0, 0.05) is 38.3 Å². The van der Waals surface area contributed by atoms with Crippen LogP contribution in [-0.4, -0.2) is 11.8 Å². The monoisotopic (exact) mass is 472 g/mol. The zero-order valence-electron chi connectivity index (χ0n) is 15.0. The highest BCUT2D eigenvalue weighted by molar-refractivity contribution is 9.10. The Morgan fingerprint density at radius 3 is 2.66 bits per heavy atom. The van der Waals surface area contributed by atoms with E-state index in [1.165, 1.54) is 18.2 Å². The Bertz CT molecular complexity index is 1120. The number of fused-ring (bicyclic) bond motifs is 1. The molecule has 1 aliphatic rings. The van der Waals surface area contributed by atoms with Gasteiger partial charge in [0.05, 0.1) is 6.04 Å². The van der Waals surface area contributed by atoms with E-state index in [1.54, 1.807) is 12.1 Å². The maximum Gasteiger partial charge on any atom is 0.252 e. The predicted octanol–water partition coefficient (Wildman–Crippen LogP) is 5.00. The second-order valence-electron chi connectivity index (χ2n) is 6.66. The SMILES string of the molecule is O=C(NCc1ccccc1)c1cc(Br)cc2c1C(c1cc(F)ccc1Cl)NC2=O. The summed E-state index contributed by atoms with van der Waals surface area (Å²) in [6.45, 7) is 0.341. The lowest BCUT2D eigenvalue weighted by atomic mass is 9.93. The molecule has 1 aliphatic heterocycles. The summed E-state index contributed by atoms with van der Waals surface area (Å²) in [6, 6.07) is 16.0. The van der Waals surface area contributed by atoms with Crippen molar-refractivity contribution in [3.8, 4) is 0 Å². The van der Waals surface area contributed by atoms with Crippen molar-refractivity contribution in [2.75, 3.05) is 0 Å². The molecule has 2 amide bonds. The summed E-state index contributed by atoms with van der Waals surface area (Å²) in [5, 5.41) is 6.00. The molecule has 29 heavy (non-hydrogen) atoms. The first-order valence-corrected chi connectivity index (χ1v) is 10.0. The number of benzene rings is 3. The van der Waals surface area contributed by atoms with Crippen LogP contribution < -0.4 is 10.6 Å². The lowest BCUT2D eigenvalue weighted by molar-refractivity contribution is 0.0945. The van der Waals surface area contributed by atoms with Gasteiger partial charge in [-0.25, -0.2) is 4.39 Å². The van der Waals surface area contributed by atoms with Crippen LogP contribution in [0.15, 0.2) is 65.1 Å². The standard InChI is InChI=1S/C22H15BrClFN2O2/c23-13-8-16(21(28)26-11-12-4-2-1-3-5-12)19-17(9-13)22(29)27-20(19)15-10-14(25)6-7-18(15)24/h1-10,20H,11H2,(H,26,28)(H,27,29). The van der Waals surface area contributed by atoms with Crippen LogP contribution in [0.25, 0.3) is 0 Å². The zero-order chi connectivity index (χ0) is 20.5. The van der Waals surface area contributed by atoms with Crippen molar-refractivity contribution in [1.82, 2.24) is 10.6 Å². The van der Waals surface area contributed by atoms with Gasteiger partial charge in [0.15, 0.2) is 0 Å². The largest absolute Gasteiger partial charge is 0.348 e. The van der Waals surface area contributed by atoms with E-state index in [1.807, 2.05) is 30.3 Å². The molecular weight excluding hydrogens is 459 g/mol. The van der Waals surface area contributed by atoms with Gasteiger partial charge in [-0.15, -0.1) is 0 Å². The van der Waals surface area contributed by atoms with Gasteiger partial charge in [-0.3, -0.25) is 9.59 Å². The summed E-state index contributed by atoms with van der Waals surface area (Å²) < 4.78 is 14.4. The van der Waals surface area contributed by atoms with Gasteiger partial charge < -0.3 is 10.6 Å². The molecule has 146 valence electrons. The van der Waals surface area contributed by atoms with E-state index in [0.29, 0.717) is 38.3 Å². The Labute approximate surface area is 180 Å². The van der Waals surface area contributed by atoms with Crippen molar-refractivity contribution in [1.29, 1.82) is 0 Å². The summed E-state index contributed by atoms with van der Waals surface area (Å²) in [4.78, 5) is 25.5. The normalized spacial score (nSPS) is 15.0. The third-order valence-corrected chi connectivity index (χ3v) is 5.57. The molecule has 0 saturated carbocycles. The number of carbonyl (C=O) groups is 2. The molecule has 0 saturated heterocycles. The van der Waals surface area contributed by atoms with E-state index in [4.69, 9.17) is 11.6 Å². The number of nitrogens with one attached hydrogen (secondary N) is 2. The molecule has 1 atom stereocenters. The Morgan fingerprint density at radius 1 is 1.14 bits per heavy atom. The minimum atomic E-state index is -0.716. The van der Waals surface area contributed by atoms with Gasteiger partial charge in [0.25, 0.3) is 11.8 Å². The topological polar surface area (TPSA) is 58.2 Å². The fraction of sp³-hybridized carbons (Fsp3) is 0.0909. The minimum Gasteiger partial charge on any atom is -0.348 e. The number of halogens is 3. The summed E-state index contributed by atoms with van der Waals surface area (Å²) in [6.07, 6.45) is 0. The van der Waals surface area contributed by atoms with Crippen molar-refractivity contribution < 1.29 is 14.0 Å². The third kappa shape index (κ3) is 3.91. The molecule has 3 aromatic rings. The van der Waals surface area contributed by atoms with Gasteiger partial charge in [0.1, 0.15) is 5.82 Å². The van der Waals surface area contributed by atoms with E-state index < -0.39 is 11.9 Å². The van der Waals surface area contributed by atoms with Gasteiger partial charge in [0.2, 0.25) is 0 Å². The van der Waals surface area contributed by atoms with Crippen LogP contribution in [0.4, 0.5) is 4.39 Å². The lowest BCUT2D eigenvalue weighted by Gasteiger charge is -2.17. The number of rotatable bonds is 4. The van der Waals surface area contributed by atoms with Crippen molar-refractivity contribution >= 4 is 39.3 Å². The summed E-state index contributed by atoms with van der Waals surface area (Å²) in [5.41, 5.74) is 2.52. The van der Waals surface area contributed by atoms with Crippen molar-refractivity contribution in [3.63, 3.8) is 0 Å². The van der Waals surface area contributed by atoms with Crippen LogP contribution in [-0.2, 0) is 6.54 Å². The fourth-order valence-electron chi connectivity index (χ4n) is 3.43. The molecule has 4 nitrogen and oxygen atoms in total. The van der Waals surface area contributed by atoms with E-state index >= 15 is 0 Å². The average Bonchev–Trinajstić information content (AvgIpc) is 3.04. The van der Waals surface area contributed by atoms with E-state index in [2.05, 4.69) is 26.6 Å². The number of amides is 2. The van der Waals surface area contributed by atoms with Gasteiger partial charge in [-0.1, -0.05) is 57.9 Å². The van der Waals surface area contributed by atoms with E-state index in [-0.39, 0.29) is 11.8 Å². The predicted molar refractivity (Wildman–Crippen MR) is 112 cm³/mol. The van der Waals surface area contributed by atoms with Crippen molar-refractivity contribution in [2.24, 2.45) is 0 Å². The van der Waals surface area contributed by atoms with Crippen molar-refractivity contribution in [3.05, 3.63) is 104 Å². The maximum atomic E-state index is 13.8. The second-order valence-corrected chi connectivity index (χ2v) is 7.98. The van der Waals surface area contributed by atoms with E-state index in [0.717, 1.165) is 5.56 Å². The van der Waals surface area contributed by atoms with E-state index in [9.17, 15) is 14.0 Å². The second kappa shape index (κ2) is 7.97. The molecule has 0 fully saturated rings. The first-order valence-electron chi connectivity index (χ1n) is 8.85. The Morgan fingerprint density at radius 2 is 1.90 bits per heavy atom. The number of carbonyl (C=O) groups excluding carboxylic acids is 2. The highest BCUT2D eigenvalue weighted by Crippen LogP contribution is 2.38. The molecule has 7 heteroatoms. The molecule has 2 N–H and O–H groups in total. The molecule has 4 rings (SSSR count). The molecule has 0 aromatic heterocycles. The van der Waals surface area contributed by atoms with Crippen LogP contribution in [0.2, 0.25) is 5.02 Å². The van der Waals surface area contributed by atoms with Crippen LogP contribution in [0.3, 0.4) is 0 Å². The average molecular weight is 474 g/mol. The maximum absolute atomic E-state index is 13.8. The van der Waals surface area contributed by atoms with Crippen LogP contribution in [0.5, 0.6) is 0 Å². The first-order chi connectivity index (χ1) is 13.9. The Kier molecular flexibility index (Phi) is 5.39. The molecule has 0 aliphatic carbocycles. The van der Waals surface area contributed by atoms with Gasteiger partial charge in [-0.05, 0) is 35.9 Å². The van der Waals surface area contributed by atoms with Crippen LogP contribution in [0, 0.1) is 5.82 Å². The third-order valence-electron chi connectivity index (χ3n) is 4.76. The zero-order valence-corrected chi connectivity index (χ0v) is 17.4.